The molecule has 0 spiro atoms. The second-order valence-corrected chi connectivity index (χ2v) is 7.76. The van der Waals surface area contributed by atoms with Crippen LogP contribution in [-0.4, -0.2) is 29.0 Å². The number of ether oxygens (including phenoxy) is 1. The highest BCUT2D eigenvalue weighted by Gasteiger charge is 2.27. The van der Waals surface area contributed by atoms with Gasteiger partial charge in [0.25, 0.3) is 5.91 Å². The lowest BCUT2D eigenvalue weighted by molar-refractivity contribution is -0.130. The number of hydrogen-bond donors (Lipinski definition) is 1. The summed E-state index contributed by atoms with van der Waals surface area (Å²) < 4.78 is 5.50. The van der Waals surface area contributed by atoms with Crippen molar-refractivity contribution in [2.75, 3.05) is 0 Å². The van der Waals surface area contributed by atoms with Crippen LogP contribution in [0, 0.1) is 19.8 Å². The van der Waals surface area contributed by atoms with Crippen LogP contribution in [0.4, 0.5) is 0 Å². The summed E-state index contributed by atoms with van der Waals surface area (Å²) in [6.45, 7) is 7.60. The number of benzene rings is 1. The normalized spacial score (nSPS) is 20.9. The molecule has 1 aromatic heterocycles. The van der Waals surface area contributed by atoms with Crippen LogP contribution in [-0.2, 0) is 9.53 Å². The van der Waals surface area contributed by atoms with Crippen molar-refractivity contribution in [1.82, 2.24) is 10.3 Å². The van der Waals surface area contributed by atoms with Gasteiger partial charge in [0.2, 0.25) is 0 Å². The molecule has 0 radical (unpaired) electrons. The minimum Gasteiger partial charge on any atom is -0.449 e. The van der Waals surface area contributed by atoms with Gasteiger partial charge in [-0.1, -0.05) is 31.4 Å². The minimum atomic E-state index is -0.833. The largest absolute Gasteiger partial charge is 0.449 e. The number of amides is 1. The van der Waals surface area contributed by atoms with Crippen LogP contribution in [0.25, 0.3) is 10.9 Å². The number of nitrogens with one attached hydrogen (secondary N) is 1. The van der Waals surface area contributed by atoms with Crippen LogP contribution in [0.5, 0.6) is 0 Å². The van der Waals surface area contributed by atoms with Gasteiger partial charge in [0.15, 0.2) is 6.10 Å². The molecule has 144 valence electrons. The van der Waals surface area contributed by atoms with E-state index in [1.54, 1.807) is 13.0 Å². The van der Waals surface area contributed by atoms with Crippen molar-refractivity contribution in [3.05, 3.63) is 41.1 Å². The summed E-state index contributed by atoms with van der Waals surface area (Å²) in [7, 11) is 0. The Morgan fingerprint density at radius 3 is 2.67 bits per heavy atom. The van der Waals surface area contributed by atoms with E-state index in [9.17, 15) is 9.59 Å². The van der Waals surface area contributed by atoms with Crippen molar-refractivity contribution < 1.29 is 14.3 Å². The van der Waals surface area contributed by atoms with E-state index in [-0.39, 0.29) is 11.9 Å². The predicted octanol–water partition coefficient (Wildman–Crippen LogP) is 4.09. The molecule has 0 bridgehead atoms. The zero-order chi connectivity index (χ0) is 19.6. The first-order valence-corrected chi connectivity index (χ1v) is 9.74. The van der Waals surface area contributed by atoms with Crippen LogP contribution in [0.1, 0.15) is 61.1 Å². The molecule has 1 saturated carbocycles. The SMILES string of the molecule is Cc1ccc2nc(C)cc(C(=O)OC(C)C(=O)NC3CCCCC3C)c2c1. The van der Waals surface area contributed by atoms with Crippen molar-refractivity contribution in [3.8, 4) is 0 Å². The zero-order valence-electron chi connectivity index (χ0n) is 16.5. The molecule has 5 nitrogen and oxygen atoms in total. The van der Waals surface area contributed by atoms with Gasteiger partial charge < -0.3 is 10.1 Å². The first-order valence-electron chi connectivity index (χ1n) is 9.74. The van der Waals surface area contributed by atoms with Gasteiger partial charge in [-0.25, -0.2) is 4.79 Å². The smallest absolute Gasteiger partial charge is 0.339 e. The summed E-state index contributed by atoms with van der Waals surface area (Å²) in [5, 5.41) is 3.80. The Hall–Kier alpha value is -2.43. The molecule has 1 amide bonds. The number of carbonyl (C=O) groups excluding carboxylic acids is 2. The van der Waals surface area contributed by atoms with Gasteiger partial charge in [-0.2, -0.15) is 0 Å². The van der Waals surface area contributed by atoms with Gasteiger partial charge >= 0.3 is 5.97 Å². The topological polar surface area (TPSA) is 68.3 Å². The summed E-state index contributed by atoms with van der Waals surface area (Å²) in [5.41, 5.74) is 2.98. The first kappa shape index (κ1) is 19.3. The molecule has 5 heteroatoms. The standard InChI is InChI=1S/C22H28N2O3/c1-13-9-10-20-17(11-13)18(12-15(3)23-20)22(26)27-16(4)21(25)24-19-8-6-5-7-14(19)2/h9-12,14,16,19H,5-8H2,1-4H3,(H,24,25). The fraction of sp³-hybridized carbons (Fsp3) is 0.500. The number of esters is 1. The van der Waals surface area contributed by atoms with E-state index in [0.717, 1.165) is 41.4 Å². The van der Waals surface area contributed by atoms with E-state index in [1.807, 2.05) is 32.0 Å². The number of aryl methyl sites for hydroxylation is 2. The maximum absolute atomic E-state index is 12.8. The van der Waals surface area contributed by atoms with Crippen molar-refractivity contribution in [3.63, 3.8) is 0 Å². The highest BCUT2D eigenvalue weighted by atomic mass is 16.5. The maximum Gasteiger partial charge on any atom is 0.339 e. The molecule has 27 heavy (non-hydrogen) atoms. The molecule has 1 aromatic carbocycles. The van der Waals surface area contributed by atoms with Crippen molar-refractivity contribution in [1.29, 1.82) is 0 Å². The molecule has 1 N–H and O–H groups in total. The molecular weight excluding hydrogens is 340 g/mol. The van der Waals surface area contributed by atoms with Crippen molar-refractivity contribution in [2.45, 2.75) is 65.5 Å². The Morgan fingerprint density at radius 2 is 1.93 bits per heavy atom. The first-order chi connectivity index (χ1) is 12.8. The van der Waals surface area contributed by atoms with Gasteiger partial charge in [-0.15, -0.1) is 0 Å². The third-order valence-electron chi connectivity index (χ3n) is 5.40. The highest BCUT2D eigenvalue weighted by molar-refractivity contribution is 6.04. The number of carbonyl (C=O) groups is 2. The maximum atomic E-state index is 12.8. The van der Waals surface area contributed by atoms with E-state index in [4.69, 9.17) is 4.74 Å². The lowest BCUT2D eigenvalue weighted by atomic mass is 9.86. The van der Waals surface area contributed by atoms with Crippen LogP contribution in [0.15, 0.2) is 24.3 Å². The molecular formula is C22H28N2O3. The Kier molecular flexibility index (Phi) is 5.78. The summed E-state index contributed by atoms with van der Waals surface area (Å²) >= 11 is 0. The molecule has 1 aliphatic rings. The average Bonchev–Trinajstić information content (AvgIpc) is 2.63. The number of rotatable bonds is 4. The fourth-order valence-corrected chi connectivity index (χ4v) is 3.75. The Balaban J connectivity index is 1.73. The van der Waals surface area contributed by atoms with Crippen LogP contribution in [0.3, 0.4) is 0 Å². The van der Waals surface area contributed by atoms with Gasteiger partial charge in [0, 0.05) is 17.1 Å². The highest BCUT2D eigenvalue weighted by Crippen LogP contribution is 2.24. The average molecular weight is 368 g/mol. The van der Waals surface area contributed by atoms with E-state index < -0.39 is 12.1 Å². The lowest BCUT2D eigenvalue weighted by Crippen LogP contribution is -2.46. The summed E-state index contributed by atoms with van der Waals surface area (Å²) in [6.07, 6.45) is 3.62. The molecule has 0 saturated heterocycles. The van der Waals surface area contributed by atoms with Gasteiger partial charge in [-0.05, 0) is 57.7 Å². The number of pyridine rings is 1. The number of hydrogen-bond acceptors (Lipinski definition) is 4. The second-order valence-electron chi connectivity index (χ2n) is 7.76. The molecule has 1 fully saturated rings. The molecule has 1 aliphatic carbocycles. The third-order valence-corrected chi connectivity index (χ3v) is 5.40. The summed E-state index contributed by atoms with van der Waals surface area (Å²) in [4.78, 5) is 29.7. The van der Waals surface area contributed by atoms with Crippen molar-refractivity contribution >= 4 is 22.8 Å². The molecule has 3 unspecified atom stereocenters. The predicted molar refractivity (Wildman–Crippen MR) is 106 cm³/mol. The molecule has 2 aromatic rings. The van der Waals surface area contributed by atoms with E-state index in [0.29, 0.717) is 11.5 Å². The van der Waals surface area contributed by atoms with E-state index in [2.05, 4.69) is 17.2 Å². The number of aromatic nitrogens is 1. The van der Waals surface area contributed by atoms with Gasteiger partial charge in [0.1, 0.15) is 0 Å². The van der Waals surface area contributed by atoms with E-state index >= 15 is 0 Å². The Morgan fingerprint density at radius 1 is 1.19 bits per heavy atom. The number of fused-ring (bicyclic) bond motifs is 1. The summed E-state index contributed by atoms with van der Waals surface area (Å²) in [5.74, 6) is -0.260. The summed E-state index contributed by atoms with van der Waals surface area (Å²) in [6, 6.07) is 7.67. The van der Waals surface area contributed by atoms with Gasteiger partial charge in [0.05, 0.1) is 11.1 Å². The quantitative estimate of drug-likeness (QED) is 0.825. The van der Waals surface area contributed by atoms with E-state index in [1.165, 1.54) is 6.42 Å². The molecule has 3 rings (SSSR count). The molecule has 1 heterocycles. The minimum absolute atomic E-state index is 0.166. The fourth-order valence-electron chi connectivity index (χ4n) is 3.75. The lowest BCUT2D eigenvalue weighted by Gasteiger charge is -2.30. The molecule has 0 aliphatic heterocycles. The van der Waals surface area contributed by atoms with Crippen molar-refractivity contribution in [2.24, 2.45) is 5.92 Å². The third kappa shape index (κ3) is 4.46. The second kappa shape index (κ2) is 8.07. The number of nitrogens with zero attached hydrogens (tertiary/aromatic N) is 1. The zero-order valence-corrected chi connectivity index (χ0v) is 16.5. The Bertz CT molecular complexity index is 862. The Labute approximate surface area is 160 Å². The van der Waals surface area contributed by atoms with Crippen LogP contribution >= 0.6 is 0 Å². The monoisotopic (exact) mass is 368 g/mol. The molecule has 3 atom stereocenters. The van der Waals surface area contributed by atoms with Gasteiger partial charge in [-0.3, -0.25) is 9.78 Å². The van der Waals surface area contributed by atoms with Crippen LogP contribution < -0.4 is 5.32 Å². The van der Waals surface area contributed by atoms with Crippen LogP contribution in [0.2, 0.25) is 0 Å².